The maximum atomic E-state index is 12.3. The van der Waals surface area contributed by atoms with E-state index in [9.17, 15) is 14.7 Å². The number of benzene rings is 3. The summed E-state index contributed by atoms with van der Waals surface area (Å²) in [6.45, 7) is 1.55. The molecule has 1 amide bonds. The number of anilines is 1. The number of carboxylic acid groups (broad SMARTS) is 1. The second-order valence-electron chi connectivity index (χ2n) is 10.7. The number of hydrogen-bond acceptors (Lipinski definition) is 6. The van der Waals surface area contributed by atoms with Crippen LogP contribution in [-0.4, -0.2) is 46.7 Å². The molecule has 0 radical (unpaired) electrons. The van der Waals surface area contributed by atoms with Gasteiger partial charge in [-0.25, -0.2) is 0 Å². The average molecular weight is 561 g/mol. The molecule has 1 saturated heterocycles. The lowest BCUT2D eigenvalue weighted by molar-refractivity contribution is -0.252. The first kappa shape index (κ1) is 30.4. The molecule has 8 heteroatoms. The van der Waals surface area contributed by atoms with E-state index in [2.05, 4.69) is 29.4 Å². The van der Waals surface area contributed by atoms with Crippen LogP contribution in [0.2, 0.25) is 0 Å². The Morgan fingerprint density at radius 3 is 2.22 bits per heavy atom. The molecule has 218 valence electrons. The fourth-order valence-electron chi connectivity index (χ4n) is 5.03. The normalized spacial score (nSPS) is 18.8. The van der Waals surface area contributed by atoms with E-state index in [1.165, 1.54) is 5.56 Å². The summed E-state index contributed by atoms with van der Waals surface area (Å²) in [5.74, 6) is -0.900. The Kier molecular flexibility index (Phi) is 11.5. The molecule has 4 rings (SSSR count). The number of unbranched alkanes of at least 4 members (excludes halogenated alkanes) is 2. The number of aliphatic hydroxyl groups excluding tert-OH is 1. The van der Waals surface area contributed by atoms with Crippen LogP contribution in [0.4, 0.5) is 5.69 Å². The summed E-state index contributed by atoms with van der Waals surface area (Å²) in [6.07, 6.45) is 2.33. The molecular formula is C33H40N2O6. The molecular weight excluding hydrogens is 520 g/mol. The van der Waals surface area contributed by atoms with Gasteiger partial charge in [-0.15, -0.1) is 0 Å². The van der Waals surface area contributed by atoms with Gasteiger partial charge in [0.25, 0.3) is 0 Å². The van der Waals surface area contributed by atoms with Crippen LogP contribution in [0.1, 0.15) is 73.2 Å². The van der Waals surface area contributed by atoms with Gasteiger partial charge in [-0.2, -0.15) is 0 Å². The van der Waals surface area contributed by atoms with Crippen LogP contribution >= 0.6 is 0 Å². The highest BCUT2D eigenvalue weighted by molar-refractivity contribution is 5.90. The number of rotatable bonds is 14. The molecule has 8 nitrogen and oxygen atoms in total. The van der Waals surface area contributed by atoms with Crippen molar-refractivity contribution in [3.63, 3.8) is 0 Å². The molecule has 0 spiro atoms. The van der Waals surface area contributed by atoms with Crippen LogP contribution in [-0.2, 0) is 32.2 Å². The van der Waals surface area contributed by atoms with Crippen LogP contribution < -0.4 is 5.32 Å². The zero-order valence-corrected chi connectivity index (χ0v) is 23.6. The van der Waals surface area contributed by atoms with E-state index in [0.29, 0.717) is 37.8 Å². The SMILES string of the molecule is CN(Cc1ccccc1)CC1CC(c2ccc(CO)cc2)OC(c2ccc(NC(=O)CCCCCC(=O)O)cc2)O1. The lowest BCUT2D eigenvalue weighted by Crippen LogP contribution is -2.37. The Hall–Kier alpha value is -3.56. The molecule has 1 fully saturated rings. The summed E-state index contributed by atoms with van der Waals surface area (Å²) < 4.78 is 12.9. The van der Waals surface area contributed by atoms with Gasteiger partial charge in [-0.1, -0.05) is 73.2 Å². The number of amides is 1. The van der Waals surface area contributed by atoms with Crippen LogP contribution in [0.3, 0.4) is 0 Å². The van der Waals surface area contributed by atoms with E-state index >= 15 is 0 Å². The van der Waals surface area contributed by atoms with E-state index in [1.807, 2.05) is 66.7 Å². The van der Waals surface area contributed by atoms with Gasteiger partial charge >= 0.3 is 5.97 Å². The average Bonchev–Trinajstić information content (AvgIpc) is 2.97. The number of carbonyl (C=O) groups excluding carboxylic acids is 1. The number of nitrogens with one attached hydrogen (secondary N) is 1. The summed E-state index contributed by atoms with van der Waals surface area (Å²) in [7, 11) is 2.09. The third kappa shape index (κ3) is 9.79. The van der Waals surface area contributed by atoms with E-state index in [-0.39, 0.29) is 31.1 Å². The van der Waals surface area contributed by atoms with Gasteiger partial charge in [0, 0.05) is 43.6 Å². The van der Waals surface area contributed by atoms with Crippen molar-refractivity contribution in [3.8, 4) is 0 Å². The zero-order chi connectivity index (χ0) is 29.0. The molecule has 1 heterocycles. The molecule has 1 aliphatic heterocycles. The minimum atomic E-state index is -0.808. The van der Waals surface area contributed by atoms with E-state index < -0.39 is 12.3 Å². The largest absolute Gasteiger partial charge is 0.481 e. The Balaban J connectivity index is 1.39. The molecule has 1 aliphatic rings. The molecule has 0 bridgehead atoms. The van der Waals surface area contributed by atoms with E-state index in [0.717, 1.165) is 29.8 Å². The molecule has 0 saturated carbocycles. The summed E-state index contributed by atoms with van der Waals surface area (Å²) in [4.78, 5) is 25.2. The minimum absolute atomic E-state index is 0.00193. The molecule has 3 N–H and O–H groups in total. The highest BCUT2D eigenvalue weighted by atomic mass is 16.7. The highest BCUT2D eigenvalue weighted by Crippen LogP contribution is 2.38. The minimum Gasteiger partial charge on any atom is -0.481 e. The second kappa shape index (κ2) is 15.4. The maximum absolute atomic E-state index is 12.3. The predicted molar refractivity (Wildman–Crippen MR) is 157 cm³/mol. The smallest absolute Gasteiger partial charge is 0.303 e. The van der Waals surface area contributed by atoms with E-state index in [4.69, 9.17) is 14.6 Å². The van der Waals surface area contributed by atoms with Gasteiger partial charge in [0.15, 0.2) is 6.29 Å². The summed E-state index contributed by atoms with van der Waals surface area (Å²) in [5, 5.41) is 21.1. The van der Waals surface area contributed by atoms with Gasteiger partial charge < -0.3 is 25.0 Å². The van der Waals surface area contributed by atoms with Gasteiger partial charge in [0.1, 0.15) is 0 Å². The number of aliphatic carboxylic acids is 1. The third-order valence-electron chi connectivity index (χ3n) is 7.19. The van der Waals surface area contributed by atoms with Crippen molar-refractivity contribution in [2.45, 2.75) is 70.2 Å². The van der Waals surface area contributed by atoms with Crippen molar-refractivity contribution in [1.82, 2.24) is 4.90 Å². The first-order valence-corrected chi connectivity index (χ1v) is 14.2. The Morgan fingerprint density at radius 1 is 0.854 bits per heavy atom. The molecule has 0 aromatic heterocycles. The molecule has 3 atom stereocenters. The topological polar surface area (TPSA) is 108 Å². The van der Waals surface area contributed by atoms with E-state index in [1.54, 1.807) is 0 Å². The standard InChI is InChI=1S/C33H40N2O6/c1-35(21-24-8-4-2-5-9-24)22-29-20-30(26-14-12-25(23-36)13-15-26)41-33(40-29)27-16-18-28(19-17-27)34-31(37)10-6-3-7-11-32(38)39/h2,4-5,8-9,12-19,29-30,33,36H,3,6-7,10-11,20-23H2,1H3,(H,34,37)(H,38,39). The number of carbonyl (C=O) groups is 2. The fourth-order valence-corrected chi connectivity index (χ4v) is 5.03. The van der Waals surface area contributed by atoms with Crippen LogP contribution in [0.5, 0.6) is 0 Å². The summed E-state index contributed by atoms with van der Waals surface area (Å²) in [5.41, 5.74) is 4.69. The zero-order valence-electron chi connectivity index (χ0n) is 23.6. The van der Waals surface area contributed by atoms with Crippen molar-refractivity contribution in [2.75, 3.05) is 18.9 Å². The van der Waals surface area contributed by atoms with Crippen LogP contribution in [0, 0.1) is 0 Å². The highest BCUT2D eigenvalue weighted by Gasteiger charge is 2.32. The van der Waals surface area contributed by atoms with Gasteiger partial charge in [0.2, 0.25) is 5.91 Å². The number of hydrogen-bond donors (Lipinski definition) is 3. The van der Waals surface area contributed by atoms with Crippen molar-refractivity contribution in [2.24, 2.45) is 0 Å². The number of nitrogens with zero attached hydrogens (tertiary/aromatic N) is 1. The van der Waals surface area contributed by atoms with Crippen molar-refractivity contribution in [1.29, 1.82) is 0 Å². The van der Waals surface area contributed by atoms with Crippen molar-refractivity contribution < 1.29 is 29.3 Å². The fraction of sp³-hybridized carbons (Fsp3) is 0.394. The monoisotopic (exact) mass is 560 g/mol. The van der Waals surface area contributed by atoms with Crippen molar-refractivity contribution >= 4 is 17.6 Å². The van der Waals surface area contributed by atoms with Crippen LogP contribution in [0.25, 0.3) is 0 Å². The quantitative estimate of drug-likeness (QED) is 0.213. The first-order chi connectivity index (χ1) is 19.9. The number of aliphatic hydroxyl groups is 1. The molecule has 3 unspecified atom stereocenters. The third-order valence-corrected chi connectivity index (χ3v) is 7.19. The predicted octanol–water partition coefficient (Wildman–Crippen LogP) is 5.83. The van der Waals surface area contributed by atoms with Gasteiger partial charge in [0.05, 0.1) is 18.8 Å². The molecule has 3 aromatic rings. The lowest BCUT2D eigenvalue weighted by Gasteiger charge is -2.38. The summed E-state index contributed by atoms with van der Waals surface area (Å²) in [6, 6.07) is 25.7. The maximum Gasteiger partial charge on any atom is 0.303 e. The Labute approximate surface area is 241 Å². The number of carboxylic acids is 1. The first-order valence-electron chi connectivity index (χ1n) is 14.2. The number of ether oxygens (including phenoxy) is 2. The van der Waals surface area contributed by atoms with Gasteiger partial charge in [-0.3, -0.25) is 14.5 Å². The molecule has 0 aliphatic carbocycles. The van der Waals surface area contributed by atoms with Gasteiger partial charge in [-0.05, 0) is 48.7 Å². The summed E-state index contributed by atoms with van der Waals surface area (Å²) >= 11 is 0. The molecule has 3 aromatic carbocycles. The number of likely N-dealkylation sites (N-methyl/N-ethyl adjacent to an activating group) is 1. The lowest BCUT2D eigenvalue weighted by atomic mass is 9.99. The Morgan fingerprint density at radius 2 is 1.54 bits per heavy atom. The molecule has 41 heavy (non-hydrogen) atoms. The Bertz CT molecular complexity index is 1230. The van der Waals surface area contributed by atoms with Crippen molar-refractivity contribution in [3.05, 3.63) is 101 Å². The second-order valence-corrected chi connectivity index (χ2v) is 10.7. The van der Waals surface area contributed by atoms with Crippen LogP contribution in [0.15, 0.2) is 78.9 Å².